The summed E-state index contributed by atoms with van der Waals surface area (Å²) in [6.07, 6.45) is 0. The molecular weight excluding hydrogens is 799 g/mol. The Hall–Kier alpha value is -8.72. The average Bonchev–Trinajstić information content (AvgIpc) is 3.79. The third-order valence-electron chi connectivity index (χ3n) is 12.9. The lowest BCUT2D eigenvalue weighted by Gasteiger charge is -2.26. The standard InChI is InChI=1S/C64H43NO/c1-3-16-44(17-4-1)55-23-9-10-25-60(55)63-56(46-18-5-2-6-19-46)27-14-28-57(63)48-34-40-51(41-35-48)65(50-38-32-47(33-39-50)54-26-13-21-45-20-7-8-22-53(45)54)52-42-36-49(37-43-52)58-29-15-30-61-59-24-11-12-31-62(59)66-64(58)61/h1-43H. The van der Waals surface area contributed by atoms with Crippen LogP contribution in [0.2, 0.25) is 0 Å². The maximum atomic E-state index is 6.46. The van der Waals surface area contributed by atoms with Gasteiger partial charge in [0.2, 0.25) is 0 Å². The molecule has 1 aromatic heterocycles. The predicted molar refractivity (Wildman–Crippen MR) is 279 cm³/mol. The molecule has 2 heteroatoms. The molecule has 0 atom stereocenters. The van der Waals surface area contributed by atoms with Crippen molar-refractivity contribution < 1.29 is 4.42 Å². The molecule has 0 aliphatic heterocycles. The van der Waals surface area contributed by atoms with Crippen LogP contribution in [-0.2, 0) is 0 Å². The van der Waals surface area contributed by atoms with E-state index in [0.29, 0.717) is 0 Å². The van der Waals surface area contributed by atoms with Crippen LogP contribution in [0, 0.1) is 0 Å². The van der Waals surface area contributed by atoms with Crippen LogP contribution in [0.15, 0.2) is 265 Å². The summed E-state index contributed by atoms with van der Waals surface area (Å²) in [6, 6.07) is 93.8. The van der Waals surface area contributed by atoms with Gasteiger partial charge in [0.25, 0.3) is 0 Å². The van der Waals surface area contributed by atoms with Crippen molar-refractivity contribution in [3.05, 3.63) is 261 Å². The topological polar surface area (TPSA) is 16.4 Å². The van der Waals surface area contributed by atoms with Crippen LogP contribution < -0.4 is 4.90 Å². The van der Waals surface area contributed by atoms with Gasteiger partial charge in [0.1, 0.15) is 11.2 Å². The lowest BCUT2D eigenvalue weighted by Crippen LogP contribution is -2.09. The highest BCUT2D eigenvalue weighted by atomic mass is 16.3. The van der Waals surface area contributed by atoms with Crippen molar-refractivity contribution in [1.29, 1.82) is 0 Å². The van der Waals surface area contributed by atoms with E-state index in [1.165, 1.54) is 60.8 Å². The molecular formula is C64H43NO. The maximum Gasteiger partial charge on any atom is 0.143 e. The number of fused-ring (bicyclic) bond motifs is 4. The highest BCUT2D eigenvalue weighted by Crippen LogP contribution is 2.46. The van der Waals surface area contributed by atoms with Crippen LogP contribution in [0.5, 0.6) is 0 Å². The molecule has 12 aromatic rings. The van der Waals surface area contributed by atoms with Gasteiger partial charge in [-0.2, -0.15) is 0 Å². The van der Waals surface area contributed by atoms with Gasteiger partial charge in [-0.3, -0.25) is 0 Å². The molecule has 1 heterocycles. The average molecular weight is 842 g/mol. The first-order chi connectivity index (χ1) is 32.7. The molecule has 66 heavy (non-hydrogen) atoms. The molecule has 11 aromatic carbocycles. The summed E-state index contributed by atoms with van der Waals surface area (Å²) >= 11 is 0. The minimum absolute atomic E-state index is 0.900. The third kappa shape index (κ3) is 7.02. The zero-order chi connectivity index (χ0) is 43.8. The van der Waals surface area contributed by atoms with E-state index in [4.69, 9.17) is 4.42 Å². The molecule has 0 saturated carbocycles. The fourth-order valence-electron chi connectivity index (χ4n) is 9.78. The minimum atomic E-state index is 0.900. The first-order valence-corrected chi connectivity index (χ1v) is 22.6. The van der Waals surface area contributed by atoms with Gasteiger partial charge in [0.05, 0.1) is 0 Å². The molecule has 0 aliphatic carbocycles. The number of nitrogens with zero attached hydrogens (tertiary/aromatic N) is 1. The number of hydrogen-bond acceptors (Lipinski definition) is 2. The van der Waals surface area contributed by atoms with Gasteiger partial charge in [-0.05, 0) is 114 Å². The van der Waals surface area contributed by atoms with Crippen molar-refractivity contribution >= 4 is 49.8 Å². The summed E-state index contributed by atoms with van der Waals surface area (Å²) in [5, 5.41) is 4.74. The minimum Gasteiger partial charge on any atom is -0.455 e. The van der Waals surface area contributed by atoms with Gasteiger partial charge in [-0.25, -0.2) is 0 Å². The molecule has 0 fully saturated rings. The van der Waals surface area contributed by atoms with Crippen LogP contribution in [0.1, 0.15) is 0 Å². The van der Waals surface area contributed by atoms with Crippen LogP contribution >= 0.6 is 0 Å². The molecule has 0 saturated heterocycles. The van der Waals surface area contributed by atoms with Crippen molar-refractivity contribution in [3.63, 3.8) is 0 Å². The normalized spacial score (nSPS) is 11.3. The molecule has 0 aliphatic rings. The van der Waals surface area contributed by atoms with E-state index in [1.807, 2.05) is 12.1 Å². The van der Waals surface area contributed by atoms with E-state index in [2.05, 4.69) is 254 Å². The van der Waals surface area contributed by atoms with Gasteiger partial charge >= 0.3 is 0 Å². The number of benzene rings is 11. The lowest BCUT2D eigenvalue weighted by atomic mass is 9.84. The van der Waals surface area contributed by atoms with Crippen LogP contribution in [0.3, 0.4) is 0 Å². The molecule has 0 N–H and O–H groups in total. The Kier molecular flexibility index (Phi) is 9.89. The summed E-state index contributed by atoms with van der Waals surface area (Å²) in [5.74, 6) is 0. The number of anilines is 3. The van der Waals surface area contributed by atoms with Gasteiger partial charge in [-0.15, -0.1) is 0 Å². The molecule has 0 amide bonds. The van der Waals surface area contributed by atoms with E-state index in [9.17, 15) is 0 Å². The van der Waals surface area contributed by atoms with E-state index >= 15 is 0 Å². The summed E-state index contributed by atoms with van der Waals surface area (Å²) < 4.78 is 6.46. The maximum absolute atomic E-state index is 6.46. The SMILES string of the molecule is c1ccc(-c2ccccc2-c2c(-c3ccccc3)cccc2-c2ccc(N(c3ccc(-c4cccc5ccccc45)cc3)c3ccc(-c4cccc5c4oc4ccccc45)cc3)cc2)cc1. The Morgan fingerprint density at radius 2 is 0.636 bits per heavy atom. The van der Waals surface area contributed by atoms with Crippen LogP contribution in [-0.4, -0.2) is 0 Å². The van der Waals surface area contributed by atoms with Gasteiger partial charge in [-0.1, -0.05) is 218 Å². The molecule has 2 nitrogen and oxygen atoms in total. The Bertz CT molecular complexity index is 3660. The Morgan fingerprint density at radius 1 is 0.242 bits per heavy atom. The lowest BCUT2D eigenvalue weighted by molar-refractivity contribution is 0.670. The van der Waals surface area contributed by atoms with Crippen molar-refractivity contribution in [3.8, 4) is 66.8 Å². The fraction of sp³-hybridized carbons (Fsp3) is 0. The first kappa shape index (κ1) is 38.9. The summed E-state index contributed by atoms with van der Waals surface area (Å²) in [4.78, 5) is 2.36. The Morgan fingerprint density at radius 3 is 1.29 bits per heavy atom. The molecule has 0 radical (unpaired) electrons. The summed E-state index contributed by atoms with van der Waals surface area (Å²) in [5.41, 5.74) is 19.1. The molecule has 0 bridgehead atoms. The Balaban J connectivity index is 0.977. The highest BCUT2D eigenvalue weighted by molar-refractivity contribution is 6.09. The zero-order valence-electron chi connectivity index (χ0n) is 36.2. The van der Waals surface area contributed by atoms with E-state index < -0.39 is 0 Å². The highest BCUT2D eigenvalue weighted by Gasteiger charge is 2.20. The second-order valence-corrected chi connectivity index (χ2v) is 16.8. The van der Waals surface area contributed by atoms with Crippen LogP contribution in [0.25, 0.3) is 99.5 Å². The molecule has 12 rings (SSSR count). The number of rotatable bonds is 9. The van der Waals surface area contributed by atoms with Crippen LogP contribution in [0.4, 0.5) is 17.1 Å². The molecule has 0 spiro atoms. The van der Waals surface area contributed by atoms with Crippen molar-refractivity contribution in [2.45, 2.75) is 0 Å². The summed E-state index contributed by atoms with van der Waals surface area (Å²) in [7, 11) is 0. The quantitative estimate of drug-likeness (QED) is 0.144. The Labute approximate surface area is 384 Å². The van der Waals surface area contributed by atoms with Gasteiger partial charge in [0.15, 0.2) is 0 Å². The second-order valence-electron chi connectivity index (χ2n) is 16.8. The smallest absolute Gasteiger partial charge is 0.143 e. The predicted octanol–water partition coefficient (Wildman–Crippen LogP) is 18.2. The van der Waals surface area contributed by atoms with Gasteiger partial charge in [0, 0.05) is 33.4 Å². The molecule has 310 valence electrons. The monoisotopic (exact) mass is 841 g/mol. The van der Waals surface area contributed by atoms with E-state index in [-0.39, 0.29) is 0 Å². The molecule has 0 unspecified atom stereocenters. The van der Waals surface area contributed by atoms with E-state index in [1.54, 1.807) is 0 Å². The van der Waals surface area contributed by atoms with Crippen molar-refractivity contribution in [1.82, 2.24) is 0 Å². The van der Waals surface area contributed by atoms with Crippen molar-refractivity contribution in [2.24, 2.45) is 0 Å². The summed E-state index contributed by atoms with van der Waals surface area (Å²) in [6.45, 7) is 0. The number of furan rings is 1. The first-order valence-electron chi connectivity index (χ1n) is 22.6. The van der Waals surface area contributed by atoms with E-state index in [0.717, 1.165) is 55.7 Å². The third-order valence-corrected chi connectivity index (χ3v) is 12.9. The largest absolute Gasteiger partial charge is 0.455 e. The number of para-hydroxylation sites is 2. The number of hydrogen-bond donors (Lipinski definition) is 0. The van der Waals surface area contributed by atoms with Gasteiger partial charge < -0.3 is 9.32 Å². The zero-order valence-corrected chi connectivity index (χ0v) is 36.2. The van der Waals surface area contributed by atoms with Crippen molar-refractivity contribution in [2.75, 3.05) is 4.90 Å². The fourth-order valence-corrected chi connectivity index (χ4v) is 9.78. The second kappa shape index (κ2) is 16.8.